The fourth-order valence-corrected chi connectivity index (χ4v) is 2.81. The summed E-state index contributed by atoms with van der Waals surface area (Å²) in [7, 11) is 0. The molecule has 110 valence electrons. The topological polar surface area (TPSA) is 66.3 Å². The Bertz CT molecular complexity index is 693. The van der Waals surface area contributed by atoms with Crippen LogP contribution in [0.1, 0.15) is 24.0 Å². The molecule has 0 spiro atoms. The molecule has 1 aromatic heterocycles. The molecule has 0 amide bonds. The Balaban J connectivity index is 1.80. The predicted molar refractivity (Wildman–Crippen MR) is 81.6 cm³/mol. The average molecular weight is 285 g/mol. The van der Waals surface area contributed by atoms with Gasteiger partial charge in [0.1, 0.15) is 12.1 Å². The molecule has 21 heavy (non-hydrogen) atoms. The van der Waals surface area contributed by atoms with Gasteiger partial charge < -0.3 is 10.0 Å². The Hall–Kier alpha value is -2.17. The molecule has 2 heterocycles. The van der Waals surface area contributed by atoms with E-state index in [1.807, 2.05) is 0 Å². The zero-order valence-electron chi connectivity index (χ0n) is 12.3. The van der Waals surface area contributed by atoms with Crippen LogP contribution in [0.3, 0.4) is 0 Å². The number of carbonyl (C=O) groups is 1. The van der Waals surface area contributed by atoms with E-state index in [0.717, 1.165) is 36.2 Å². The maximum atomic E-state index is 10.6. The van der Waals surface area contributed by atoms with Gasteiger partial charge in [0.2, 0.25) is 0 Å². The number of carboxylic acid groups (broad SMARTS) is 1. The quantitative estimate of drug-likeness (QED) is 0.935. The van der Waals surface area contributed by atoms with E-state index in [9.17, 15) is 4.79 Å². The molecule has 0 bridgehead atoms. The molecular formula is C16H19N3O2. The molecule has 5 nitrogen and oxygen atoms in total. The third-order valence-corrected chi connectivity index (χ3v) is 4.25. The Morgan fingerprint density at radius 3 is 2.71 bits per heavy atom. The number of hydrogen-bond donors (Lipinski definition) is 1. The first-order valence-electron chi connectivity index (χ1n) is 7.23. The van der Waals surface area contributed by atoms with Crippen LogP contribution in [-0.4, -0.2) is 34.1 Å². The van der Waals surface area contributed by atoms with Crippen molar-refractivity contribution in [1.29, 1.82) is 0 Å². The van der Waals surface area contributed by atoms with Crippen LogP contribution in [0.15, 0.2) is 18.5 Å². The molecule has 1 aliphatic rings. The highest BCUT2D eigenvalue weighted by Crippen LogP contribution is 2.31. The van der Waals surface area contributed by atoms with Gasteiger partial charge in [-0.2, -0.15) is 0 Å². The van der Waals surface area contributed by atoms with E-state index in [-0.39, 0.29) is 6.42 Å². The van der Waals surface area contributed by atoms with Crippen LogP contribution in [0.5, 0.6) is 0 Å². The van der Waals surface area contributed by atoms with Gasteiger partial charge in [0, 0.05) is 24.9 Å². The lowest BCUT2D eigenvalue weighted by Gasteiger charge is -2.40. The van der Waals surface area contributed by atoms with Gasteiger partial charge in [-0.3, -0.25) is 4.79 Å². The summed E-state index contributed by atoms with van der Waals surface area (Å²) in [6.07, 6.45) is 2.60. The third-order valence-electron chi connectivity index (χ3n) is 4.25. The van der Waals surface area contributed by atoms with E-state index in [2.05, 4.69) is 40.8 Å². The van der Waals surface area contributed by atoms with Crippen molar-refractivity contribution in [2.24, 2.45) is 5.92 Å². The molecule has 0 radical (unpaired) electrons. The van der Waals surface area contributed by atoms with Crippen molar-refractivity contribution < 1.29 is 9.90 Å². The number of aliphatic carboxylic acids is 1. The van der Waals surface area contributed by atoms with Gasteiger partial charge in [-0.05, 0) is 49.4 Å². The SMILES string of the molecule is Cc1cc2ncnc(N3CC(CCC(=O)O)C3)c2cc1C. The van der Waals surface area contributed by atoms with Crippen molar-refractivity contribution >= 4 is 22.7 Å². The van der Waals surface area contributed by atoms with E-state index >= 15 is 0 Å². The van der Waals surface area contributed by atoms with Gasteiger partial charge in [0.25, 0.3) is 0 Å². The zero-order valence-corrected chi connectivity index (χ0v) is 12.3. The number of rotatable bonds is 4. The van der Waals surface area contributed by atoms with Crippen molar-refractivity contribution in [1.82, 2.24) is 9.97 Å². The molecule has 1 saturated heterocycles. The van der Waals surface area contributed by atoms with E-state index in [0.29, 0.717) is 5.92 Å². The summed E-state index contributed by atoms with van der Waals surface area (Å²) in [5, 5.41) is 9.81. The minimum absolute atomic E-state index is 0.251. The van der Waals surface area contributed by atoms with Crippen LogP contribution in [0.2, 0.25) is 0 Å². The van der Waals surface area contributed by atoms with Gasteiger partial charge >= 0.3 is 5.97 Å². The second-order valence-corrected chi connectivity index (χ2v) is 5.85. The maximum absolute atomic E-state index is 10.6. The molecule has 0 aliphatic carbocycles. The summed E-state index contributed by atoms with van der Waals surface area (Å²) in [6, 6.07) is 4.24. The summed E-state index contributed by atoms with van der Waals surface area (Å²) in [5.74, 6) is 0.708. The number of aryl methyl sites for hydroxylation is 2. The van der Waals surface area contributed by atoms with Gasteiger partial charge in [-0.25, -0.2) is 9.97 Å². The first-order chi connectivity index (χ1) is 10.0. The fourth-order valence-electron chi connectivity index (χ4n) is 2.81. The Morgan fingerprint density at radius 1 is 1.29 bits per heavy atom. The average Bonchev–Trinajstić information content (AvgIpc) is 2.38. The molecule has 5 heteroatoms. The molecule has 0 atom stereocenters. The van der Waals surface area contributed by atoms with Crippen molar-refractivity contribution in [3.05, 3.63) is 29.6 Å². The smallest absolute Gasteiger partial charge is 0.303 e. The van der Waals surface area contributed by atoms with Crippen molar-refractivity contribution in [3.63, 3.8) is 0 Å². The molecule has 1 aromatic carbocycles. The van der Waals surface area contributed by atoms with Crippen molar-refractivity contribution in [3.8, 4) is 0 Å². The second kappa shape index (κ2) is 5.31. The number of nitrogens with zero attached hydrogens (tertiary/aromatic N) is 3. The monoisotopic (exact) mass is 285 g/mol. The first kappa shape index (κ1) is 13.8. The molecular weight excluding hydrogens is 266 g/mol. The molecule has 1 aliphatic heterocycles. The van der Waals surface area contributed by atoms with Crippen molar-refractivity contribution in [2.45, 2.75) is 26.7 Å². The van der Waals surface area contributed by atoms with E-state index in [1.54, 1.807) is 6.33 Å². The highest BCUT2D eigenvalue weighted by Gasteiger charge is 2.29. The molecule has 1 N–H and O–H groups in total. The number of fused-ring (bicyclic) bond motifs is 1. The molecule has 0 saturated carbocycles. The largest absolute Gasteiger partial charge is 0.481 e. The minimum Gasteiger partial charge on any atom is -0.481 e. The van der Waals surface area contributed by atoms with Crippen LogP contribution in [0.25, 0.3) is 10.9 Å². The van der Waals surface area contributed by atoms with Crippen LogP contribution < -0.4 is 4.90 Å². The van der Waals surface area contributed by atoms with Crippen LogP contribution in [0, 0.1) is 19.8 Å². The first-order valence-corrected chi connectivity index (χ1v) is 7.23. The van der Waals surface area contributed by atoms with Crippen LogP contribution >= 0.6 is 0 Å². The maximum Gasteiger partial charge on any atom is 0.303 e. The lowest BCUT2D eigenvalue weighted by molar-refractivity contribution is -0.137. The number of carboxylic acids is 1. The van der Waals surface area contributed by atoms with Gasteiger partial charge in [-0.1, -0.05) is 0 Å². The summed E-state index contributed by atoms with van der Waals surface area (Å²) in [4.78, 5) is 21.6. The summed E-state index contributed by atoms with van der Waals surface area (Å²) < 4.78 is 0. The lowest BCUT2D eigenvalue weighted by atomic mass is 9.94. The van der Waals surface area contributed by atoms with Crippen LogP contribution in [0.4, 0.5) is 5.82 Å². The fraction of sp³-hybridized carbons (Fsp3) is 0.438. The number of hydrogen-bond acceptors (Lipinski definition) is 4. The number of benzene rings is 1. The number of aromatic nitrogens is 2. The molecule has 1 fully saturated rings. The zero-order chi connectivity index (χ0) is 15.0. The van der Waals surface area contributed by atoms with Crippen LogP contribution in [-0.2, 0) is 4.79 Å². The molecule has 2 aromatic rings. The van der Waals surface area contributed by atoms with E-state index in [4.69, 9.17) is 5.11 Å². The Morgan fingerprint density at radius 2 is 2.00 bits per heavy atom. The van der Waals surface area contributed by atoms with Gasteiger partial charge in [-0.15, -0.1) is 0 Å². The second-order valence-electron chi connectivity index (χ2n) is 5.85. The Kier molecular flexibility index (Phi) is 3.49. The van der Waals surface area contributed by atoms with E-state index < -0.39 is 5.97 Å². The summed E-state index contributed by atoms with van der Waals surface area (Å²) >= 11 is 0. The predicted octanol–water partition coefficient (Wildman–Crippen LogP) is 2.55. The standard InChI is InChI=1S/C16H19N3O2/c1-10-5-13-14(6-11(10)2)17-9-18-16(13)19-7-12(8-19)3-4-15(20)21/h5-6,9,12H,3-4,7-8H2,1-2H3,(H,20,21). The Labute approximate surface area is 123 Å². The molecule has 0 unspecified atom stereocenters. The number of anilines is 1. The molecule has 3 rings (SSSR count). The highest BCUT2D eigenvalue weighted by atomic mass is 16.4. The summed E-state index contributed by atoms with van der Waals surface area (Å²) in [6.45, 7) is 5.94. The van der Waals surface area contributed by atoms with Gasteiger partial charge in [0.15, 0.2) is 0 Å². The van der Waals surface area contributed by atoms with E-state index in [1.165, 1.54) is 11.1 Å². The van der Waals surface area contributed by atoms with Gasteiger partial charge in [0.05, 0.1) is 5.52 Å². The lowest BCUT2D eigenvalue weighted by Crippen LogP contribution is -2.47. The summed E-state index contributed by atoms with van der Waals surface area (Å²) in [5.41, 5.74) is 3.44. The normalized spacial score (nSPS) is 15.2. The minimum atomic E-state index is -0.716. The third kappa shape index (κ3) is 2.68. The highest BCUT2D eigenvalue weighted by molar-refractivity contribution is 5.90. The van der Waals surface area contributed by atoms with Crippen molar-refractivity contribution in [2.75, 3.05) is 18.0 Å².